The second kappa shape index (κ2) is 5.98. The normalized spacial score (nSPS) is 25.3. The first-order chi connectivity index (χ1) is 9.83. The topological polar surface area (TPSA) is 116 Å². The number of nitro groups is 1. The zero-order valence-corrected chi connectivity index (χ0v) is 12.7. The Labute approximate surface area is 129 Å². The summed E-state index contributed by atoms with van der Waals surface area (Å²) < 4.78 is 5.98. The van der Waals surface area contributed by atoms with E-state index in [1.54, 1.807) is 6.07 Å². The maximum absolute atomic E-state index is 11.2. The van der Waals surface area contributed by atoms with Crippen LogP contribution in [0.25, 0.3) is 0 Å². The molecule has 1 fully saturated rings. The maximum atomic E-state index is 11.2. The monoisotopic (exact) mass is 358 g/mol. The van der Waals surface area contributed by atoms with Gasteiger partial charge in [-0.1, -0.05) is 6.07 Å². The molecule has 3 N–H and O–H groups in total. The molecule has 114 valence electrons. The Morgan fingerprint density at radius 1 is 1.57 bits per heavy atom. The second-order valence-electron chi connectivity index (χ2n) is 5.14. The highest BCUT2D eigenvalue weighted by atomic mass is 79.9. The lowest BCUT2D eigenvalue weighted by atomic mass is 9.81. The van der Waals surface area contributed by atoms with E-state index < -0.39 is 16.4 Å². The Balaban J connectivity index is 2.17. The second-order valence-corrected chi connectivity index (χ2v) is 5.94. The molecule has 0 radical (unpaired) electrons. The van der Waals surface area contributed by atoms with Crippen molar-refractivity contribution in [2.45, 2.75) is 37.3 Å². The van der Waals surface area contributed by atoms with Gasteiger partial charge in [0.15, 0.2) is 0 Å². The van der Waals surface area contributed by atoms with Gasteiger partial charge in [-0.05, 0) is 41.3 Å². The molecule has 0 amide bonds. The zero-order valence-electron chi connectivity index (χ0n) is 11.1. The fourth-order valence-corrected chi connectivity index (χ4v) is 2.96. The van der Waals surface area contributed by atoms with Gasteiger partial charge < -0.3 is 15.6 Å². The van der Waals surface area contributed by atoms with Crippen LogP contribution in [-0.4, -0.2) is 27.6 Å². The van der Waals surface area contributed by atoms with Crippen LogP contribution < -0.4 is 10.5 Å². The third-order valence-electron chi connectivity index (χ3n) is 3.60. The van der Waals surface area contributed by atoms with Crippen LogP contribution >= 0.6 is 15.9 Å². The van der Waals surface area contributed by atoms with Crippen LogP contribution in [0.15, 0.2) is 22.7 Å². The molecule has 1 saturated carbocycles. The van der Waals surface area contributed by atoms with Crippen molar-refractivity contribution in [3.63, 3.8) is 0 Å². The Hall–Kier alpha value is -1.67. The van der Waals surface area contributed by atoms with Crippen LogP contribution in [0.1, 0.15) is 25.7 Å². The van der Waals surface area contributed by atoms with E-state index >= 15 is 0 Å². The number of hydrogen-bond donors (Lipinski definition) is 2. The molecule has 0 saturated heterocycles. The van der Waals surface area contributed by atoms with Crippen molar-refractivity contribution in [1.82, 2.24) is 0 Å². The summed E-state index contributed by atoms with van der Waals surface area (Å²) in [5.74, 6) is -0.724. The van der Waals surface area contributed by atoms with E-state index in [2.05, 4.69) is 15.9 Å². The number of carboxylic acids is 1. The van der Waals surface area contributed by atoms with Crippen LogP contribution in [0.2, 0.25) is 0 Å². The summed E-state index contributed by atoms with van der Waals surface area (Å²) in [7, 11) is 0. The number of carbonyl (C=O) groups is 1. The molecule has 1 aromatic carbocycles. The van der Waals surface area contributed by atoms with Gasteiger partial charge in [0.05, 0.1) is 4.92 Å². The highest BCUT2D eigenvalue weighted by Gasteiger charge is 2.40. The summed E-state index contributed by atoms with van der Waals surface area (Å²) in [5.41, 5.74) is 4.47. The molecule has 7 nitrogen and oxygen atoms in total. The zero-order chi connectivity index (χ0) is 15.6. The third kappa shape index (κ3) is 3.33. The lowest BCUT2D eigenvalue weighted by Crippen LogP contribution is -2.53. The number of nitro benzene ring substituents is 1. The van der Waals surface area contributed by atoms with Gasteiger partial charge in [0, 0.05) is 12.5 Å². The molecule has 0 aliphatic heterocycles. The minimum Gasteiger partial charge on any atom is -0.489 e. The minimum atomic E-state index is -1.30. The number of benzene rings is 1. The van der Waals surface area contributed by atoms with E-state index in [0.29, 0.717) is 25.0 Å². The number of hydrogen-bond acceptors (Lipinski definition) is 5. The number of carboxylic acid groups (broad SMARTS) is 1. The quantitative estimate of drug-likeness (QED) is 0.630. The summed E-state index contributed by atoms with van der Waals surface area (Å²) in [6, 6.07) is 4.49. The Morgan fingerprint density at radius 2 is 2.29 bits per heavy atom. The summed E-state index contributed by atoms with van der Waals surface area (Å²) >= 11 is 3.15. The number of nitrogens with zero attached hydrogens (tertiary/aromatic N) is 1. The van der Waals surface area contributed by atoms with Gasteiger partial charge in [-0.3, -0.25) is 14.9 Å². The fourth-order valence-electron chi connectivity index (χ4n) is 2.46. The van der Waals surface area contributed by atoms with Crippen LogP contribution in [-0.2, 0) is 4.79 Å². The van der Waals surface area contributed by atoms with Crippen molar-refractivity contribution >= 4 is 27.6 Å². The molecule has 21 heavy (non-hydrogen) atoms. The van der Waals surface area contributed by atoms with E-state index in [1.807, 2.05) is 0 Å². The van der Waals surface area contributed by atoms with Crippen molar-refractivity contribution in [2.24, 2.45) is 5.73 Å². The average molecular weight is 359 g/mol. The van der Waals surface area contributed by atoms with E-state index in [0.717, 1.165) is 0 Å². The molecular weight excluding hydrogens is 344 g/mol. The first-order valence-corrected chi connectivity index (χ1v) is 7.24. The van der Waals surface area contributed by atoms with Gasteiger partial charge in [0.2, 0.25) is 0 Å². The van der Waals surface area contributed by atoms with Gasteiger partial charge in [0.1, 0.15) is 21.9 Å². The number of ether oxygens (including phenoxy) is 1. The molecule has 8 heteroatoms. The molecule has 2 unspecified atom stereocenters. The van der Waals surface area contributed by atoms with Crippen molar-refractivity contribution < 1.29 is 19.6 Å². The third-order valence-corrected chi connectivity index (χ3v) is 4.40. The average Bonchev–Trinajstić information content (AvgIpc) is 2.41. The molecule has 1 aliphatic carbocycles. The predicted octanol–water partition coefficient (Wildman–Crippen LogP) is 2.46. The molecule has 0 heterocycles. The molecule has 2 rings (SSSR count). The van der Waals surface area contributed by atoms with Crippen molar-refractivity contribution in [1.29, 1.82) is 0 Å². The number of rotatable bonds is 4. The highest BCUT2D eigenvalue weighted by Crippen LogP contribution is 2.37. The molecule has 1 aromatic rings. The summed E-state index contributed by atoms with van der Waals surface area (Å²) in [6.45, 7) is 0. The molecule has 2 atom stereocenters. The summed E-state index contributed by atoms with van der Waals surface area (Å²) in [6.07, 6.45) is 1.51. The number of aliphatic carboxylic acids is 1. The first kappa shape index (κ1) is 15.7. The van der Waals surface area contributed by atoms with E-state index in [1.165, 1.54) is 12.1 Å². The molecule has 0 bridgehead atoms. The fraction of sp³-hybridized carbons (Fsp3) is 0.462. The van der Waals surface area contributed by atoms with E-state index in [4.69, 9.17) is 10.5 Å². The first-order valence-electron chi connectivity index (χ1n) is 6.45. The summed E-state index contributed by atoms with van der Waals surface area (Å²) in [4.78, 5) is 21.6. The number of nitrogens with two attached hydrogens (primary N) is 1. The van der Waals surface area contributed by atoms with Gasteiger partial charge in [-0.2, -0.15) is 0 Å². The van der Waals surface area contributed by atoms with Gasteiger partial charge in [0.25, 0.3) is 5.69 Å². The molecule has 0 aromatic heterocycles. The highest BCUT2D eigenvalue weighted by molar-refractivity contribution is 9.10. The van der Waals surface area contributed by atoms with Crippen molar-refractivity contribution in [3.05, 3.63) is 32.8 Å². The van der Waals surface area contributed by atoms with E-state index in [9.17, 15) is 20.0 Å². The lowest BCUT2D eigenvalue weighted by molar-refractivity contribution is -0.385. The standard InChI is InChI=1S/C13H15BrN2O5/c14-11-9(16(19)20)4-1-5-10(11)21-8-3-2-6-13(15,7-8)12(17)18/h1,4-5,8H,2-3,6-7,15H2,(H,17,18). The van der Waals surface area contributed by atoms with Crippen LogP contribution in [0, 0.1) is 10.1 Å². The van der Waals surface area contributed by atoms with Crippen molar-refractivity contribution in [2.75, 3.05) is 0 Å². The van der Waals surface area contributed by atoms with Gasteiger partial charge >= 0.3 is 5.97 Å². The SMILES string of the molecule is NC1(C(=O)O)CCCC(Oc2cccc([N+](=O)[O-])c2Br)C1. The Kier molecular flexibility index (Phi) is 4.48. The largest absolute Gasteiger partial charge is 0.489 e. The number of halogens is 1. The maximum Gasteiger partial charge on any atom is 0.323 e. The van der Waals surface area contributed by atoms with Gasteiger partial charge in [-0.15, -0.1) is 0 Å². The van der Waals surface area contributed by atoms with Crippen LogP contribution in [0.4, 0.5) is 5.69 Å². The molecular formula is C13H15BrN2O5. The summed E-state index contributed by atoms with van der Waals surface area (Å²) in [5, 5.41) is 20.1. The van der Waals surface area contributed by atoms with Gasteiger partial charge in [-0.25, -0.2) is 0 Å². The Bertz CT molecular complexity index is 580. The molecule has 0 spiro atoms. The van der Waals surface area contributed by atoms with Crippen LogP contribution in [0.5, 0.6) is 5.75 Å². The minimum absolute atomic E-state index is 0.0967. The van der Waals surface area contributed by atoms with Crippen molar-refractivity contribution in [3.8, 4) is 5.75 Å². The van der Waals surface area contributed by atoms with Crippen LogP contribution in [0.3, 0.4) is 0 Å². The van der Waals surface area contributed by atoms with E-state index in [-0.39, 0.29) is 22.7 Å². The molecule has 1 aliphatic rings. The smallest absolute Gasteiger partial charge is 0.323 e. The Morgan fingerprint density at radius 3 is 2.90 bits per heavy atom. The lowest BCUT2D eigenvalue weighted by Gasteiger charge is -2.34. The predicted molar refractivity (Wildman–Crippen MR) is 78.2 cm³/mol.